The molecule has 1 aromatic carbocycles. The molecule has 1 aromatic heterocycles. The van der Waals surface area contributed by atoms with Crippen molar-refractivity contribution in [1.82, 2.24) is 9.47 Å². The molecule has 3 rings (SSSR count). The second kappa shape index (κ2) is 8.19. The lowest BCUT2D eigenvalue weighted by Crippen LogP contribution is -2.37. The third-order valence-corrected chi connectivity index (χ3v) is 5.31. The van der Waals surface area contributed by atoms with Gasteiger partial charge in [-0.05, 0) is 57.4 Å². The van der Waals surface area contributed by atoms with Gasteiger partial charge in [0.1, 0.15) is 11.5 Å². The molecule has 0 bridgehead atoms. The lowest BCUT2D eigenvalue weighted by Gasteiger charge is -2.22. The highest BCUT2D eigenvalue weighted by Crippen LogP contribution is 2.30. The predicted molar refractivity (Wildman–Crippen MR) is 106 cm³/mol. The fourth-order valence-electron chi connectivity index (χ4n) is 3.65. The molecule has 7 heteroatoms. The van der Waals surface area contributed by atoms with Crippen LogP contribution in [0.2, 0.25) is 0 Å². The maximum atomic E-state index is 13.5. The van der Waals surface area contributed by atoms with E-state index in [1.165, 1.54) is 23.1 Å². The Hall–Kier alpha value is -2.96. The van der Waals surface area contributed by atoms with Crippen LogP contribution in [0.3, 0.4) is 0 Å². The highest BCUT2D eigenvalue weighted by atomic mass is 19.1. The second-order valence-electron chi connectivity index (χ2n) is 7.31. The molecular weight excluding hydrogens is 375 g/mol. The number of rotatable bonds is 7. The Morgan fingerprint density at radius 3 is 2.52 bits per heavy atom. The summed E-state index contributed by atoms with van der Waals surface area (Å²) in [5, 5.41) is 0. The molecule has 6 nitrogen and oxygen atoms in total. The number of carbonyl (C=O) groups is 3. The van der Waals surface area contributed by atoms with Gasteiger partial charge in [-0.3, -0.25) is 9.59 Å². The van der Waals surface area contributed by atoms with E-state index in [4.69, 9.17) is 4.74 Å². The molecule has 154 valence electrons. The van der Waals surface area contributed by atoms with Crippen molar-refractivity contribution in [3.8, 4) is 0 Å². The summed E-state index contributed by atoms with van der Waals surface area (Å²) in [6, 6.07) is 5.45. The number of esters is 1. The van der Waals surface area contributed by atoms with E-state index >= 15 is 0 Å². The summed E-state index contributed by atoms with van der Waals surface area (Å²) in [7, 11) is 1.71. The average Bonchev–Trinajstić information content (AvgIpc) is 3.47. The van der Waals surface area contributed by atoms with Gasteiger partial charge in [0.2, 0.25) is 0 Å². The number of ether oxygens (including phenoxy) is 1. The lowest BCUT2D eigenvalue weighted by molar-refractivity contribution is 0.0514. The van der Waals surface area contributed by atoms with Gasteiger partial charge in [-0.1, -0.05) is 6.07 Å². The number of benzene rings is 1. The Labute approximate surface area is 169 Å². The lowest BCUT2D eigenvalue weighted by atomic mass is 10.0. The van der Waals surface area contributed by atoms with Crippen molar-refractivity contribution in [2.45, 2.75) is 39.7 Å². The number of hydrogen-bond donors (Lipinski definition) is 0. The van der Waals surface area contributed by atoms with E-state index in [1.807, 2.05) is 0 Å². The first-order valence-electron chi connectivity index (χ1n) is 9.69. The molecule has 1 aliphatic carbocycles. The number of ketones is 1. The Morgan fingerprint density at radius 2 is 1.93 bits per heavy atom. The zero-order valence-electron chi connectivity index (χ0n) is 17.1. The first-order chi connectivity index (χ1) is 13.8. The van der Waals surface area contributed by atoms with E-state index in [0.717, 1.165) is 12.8 Å². The molecule has 1 saturated carbocycles. The minimum absolute atomic E-state index is 0.0245. The number of carbonyl (C=O) groups excluding carboxylic acids is 3. The smallest absolute Gasteiger partial charge is 0.355 e. The minimum atomic E-state index is -0.494. The third kappa shape index (κ3) is 4.09. The van der Waals surface area contributed by atoms with Crippen molar-refractivity contribution >= 4 is 17.7 Å². The number of Topliss-reactive ketones (excluding diaryl/α,β-unsaturated/α-hetero) is 1. The average molecular weight is 400 g/mol. The summed E-state index contributed by atoms with van der Waals surface area (Å²) >= 11 is 0. The van der Waals surface area contributed by atoms with Gasteiger partial charge in [-0.15, -0.1) is 0 Å². The van der Waals surface area contributed by atoms with Crippen molar-refractivity contribution in [2.75, 3.05) is 13.2 Å². The van der Waals surface area contributed by atoms with E-state index in [1.54, 1.807) is 38.5 Å². The van der Waals surface area contributed by atoms with E-state index in [9.17, 15) is 18.8 Å². The van der Waals surface area contributed by atoms with Crippen LogP contribution in [0.15, 0.2) is 24.3 Å². The topological polar surface area (TPSA) is 68.6 Å². The molecule has 0 spiro atoms. The molecule has 2 aromatic rings. The first kappa shape index (κ1) is 20.8. The summed E-state index contributed by atoms with van der Waals surface area (Å²) in [5.74, 6) is -1.59. The van der Waals surface area contributed by atoms with Crippen molar-refractivity contribution in [3.05, 3.63) is 58.2 Å². The Kier molecular flexibility index (Phi) is 5.86. The molecule has 0 N–H and O–H groups in total. The quantitative estimate of drug-likeness (QED) is 0.527. The van der Waals surface area contributed by atoms with Crippen LogP contribution in [0, 0.1) is 19.7 Å². The van der Waals surface area contributed by atoms with Gasteiger partial charge in [0.05, 0.1) is 13.2 Å². The monoisotopic (exact) mass is 400 g/mol. The van der Waals surface area contributed by atoms with E-state index in [2.05, 4.69) is 0 Å². The Bertz CT molecular complexity index is 975. The molecular formula is C22H25FN2O4. The standard InChI is InChI=1S/C22H25FN2O4/c1-5-29-22(28)20-13(2)19(14(3)24(20)4)18(26)12-25(17-9-10-17)21(27)15-7-6-8-16(23)11-15/h6-8,11,17H,5,9-10,12H2,1-4H3. The summed E-state index contributed by atoms with van der Waals surface area (Å²) in [6.07, 6.45) is 1.63. The highest BCUT2D eigenvalue weighted by molar-refractivity contribution is 6.06. The predicted octanol–water partition coefficient (Wildman–Crippen LogP) is 3.45. The van der Waals surface area contributed by atoms with Gasteiger partial charge >= 0.3 is 5.97 Å². The molecule has 0 radical (unpaired) electrons. The molecule has 1 fully saturated rings. The van der Waals surface area contributed by atoms with Crippen LogP contribution < -0.4 is 0 Å². The van der Waals surface area contributed by atoms with Crippen LogP contribution in [0.4, 0.5) is 4.39 Å². The fraction of sp³-hybridized carbons (Fsp3) is 0.409. The Morgan fingerprint density at radius 1 is 1.24 bits per heavy atom. The van der Waals surface area contributed by atoms with Gasteiger partial charge in [0, 0.05) is 29.9 Å². The normalized spacial score (nSPS) is 13.3. The van der Waals surface area contributed by atoms with Gasteiger partial charge < -0.3 is 14.2 Å². The zero-order valence-corrected chi connectivity index (χ0v) is 17.1. The van der Waals surface area contributed by atoms with E-state index < -0.39 is 11.8 Å². The Balaban J connectivity index is 1.89. The fourth-order valence-corrected chi connectivity index (χ4v) is 3.65. The number of hydrogen-bond acceptors (Lipinski definition) is 4. The van der Waals surface area contributed by atoms with Gasteiger partial charge in [-0.2, -0.15) is 0 Å². The highest BCUT2D eigenvalue weighted by Gasteiger charge is 2.36. The summed E-state index contributed by atoms with van der Waals surface area (Å²) in [4.78, 5) is 39.8. The molecule has 0 saturated heterocycles. The van der Waals surface area contributed by atoms with Crippen molar-refractivity contribution in [2.24, 2.45) is 7.05 Å². The van der Waals surface area contributed by atoms with Crippen LogP contribution in [0.25, 0.3) is 0 Å². The number of nitrogens with zero attached hydrogens (tertiary/aromatic N) is 2. The number of halogens is 1. The molecule has 0 atom stereocenters. The SMILES string of the molecule is CCOC(=O)c1c(C)c(C(=O)CN(C(=O)c2cccc(F)c2)C2CC2)c(C)n1C. The minimum Gasteiger partial charge on any atom is -0.461 e. The van der Waals surface area contributed by atoms with Gasteiger partial charge in [0.25, 0.3) is 5.91 Å². The molecule has 1 aliphatic rings. The molecule has 1 amide bonds. The van der Waals surface area contributed by atoms with Crippen molar-refractivity contribution < 1.29 is 23.5 Å². The molecule has 1 heterocycles. The molecule has 29 heavy (non-hydrogen) atoms. The van der Waals surface area contributed by atoms with Crippen LogP contribution in [-0.2, 0) is 11.8 Å². The maximum Gasteiger partial charge on any atom is 0.355 e. The summed E-state index contributed by atoms with van der Waals surface area (Å²) in [6.45, 7) is 5.32. The summed E-state index contributed by atoms with van der Waals surface area (Å²) < 4.78 is 20.3. The van der Waals surface area contributed by atoms with Crippen LogP contribution >= 0.6 is 0 Å². The van der Waals surface area contributed by atoms with Crippen LogP contribution in [0.5, 0.6) is 0 Å². The van der Waals surface area contributed by atoms with Crippen molar-refractivity contribution in [3.63, 3.8) is 0 Å². The van der Waals surface area contributed by atoms with E-state index in [-0.39, 0.29) is 36.4 Å². The van der Waals surface area contributed by atoms with E-state index in [0.29, 0.717) is 22.5 Å². The van der Waals surface area contributed by atoms with Crippen LogP contribution in [0.1, 0.15) is 62.2 Å². The third-order valence-electron chi connectivity index (χ3n) is 5.31. The first-order valence-corrected chi connectivity index (χ1v) is 9.69. The largest absolute Gasteiger partial charge is 0.461 e. The van der Waals surface area contributed by atoms with Gasteiger partial charge in [0.15, 0.2) is 5.78 Å². The van der Waals surface area contributed by atoms with Crippen LogP contribution in [-0.4, -0.2) is 46.3 Å². The number of amides is 1. The maximum absolute atomic E-state index is 13.5. The summed E-state index contributed by atoms with van der Waals surface area (Å²) in [5.41, 5.74) is 2.17. The zero-order chi connectivity index (χ0) is 21.3. The van der Waals surface area contributed by atoms with Crippen molar-refractivity contribution in [1.29, 1.82) is 0 Å². The number of aromatic nitrogens is 1. The molecule has 0 aliphatic heterocycles. The second-order valence-corrected chi connectivity index (χ2v) is 7.31. The van der Waals surface area contributed by atoms with Gasteiger partial charge in [-0.25, -0.2) is 9.18 Å². The molecule has 0 unspecified atom stereocenters.